The van der Waals surface area contributed by atoms with Crippen molar-refractivity contribution < 1.29 is 19.1 Å². The van der Waals surface area contributed by atoms with Crippen molar-refractivity contribution in [3.8, 4) is 5.75 Å². The van der Waals surface area contributed by atoms with Crippen LogP contribution in [0.3, 0.4) is 0 Å². The van der Waals surface area contributed by atoms with Crippen molar-refractivity contribution in [3.63, 3.8) is 0 Å². The maximum atomic E-state index is 11.6. The standard InChI is InChI=1S/C11H10ClNO4/c1-16-9-3-2-7(6-8(9)12)13-4-5-17-11(15)10(13)14/h2-3,6H,4-5H2,1H3. The van der Waals surface area contributed by atoms with Crippen molar-refractivity contribution >= 4 is 29.2 Å². The van der Waals surface area contributed by atoms with E-state index >= 15 is 0 Å². The highest BCUT2D eigenvalue weighted by molar-refractivity contribution is 6.39. The summed E-state index contributed by atoms with van der Waals surface area (Å²) in [6.07, 6.45) is 0. The fourth-order valence-electron chi connectivity index (χ4n) is 1.57. The first-order valence-electron chi connectivity index (χ1n) is 4.95. The Hall–Kier alpha value is -1.75. The zero-order valence-electron chi connectivity index (χ0n) is 9.10. The zero-order valence-corrected chi connectivity index (χ0v) is 9.86. The van der Waals surface area contributed by atoms with Crippen LogP contribution in [0.25, 0.3) is 0 Å². The van der Waals surface area contributed by atoms with Gasteiger partial charge in [-0.2, -0.15) is 0 Å². The summed E-state index contributed by atoms with van der Waals surface area (Å²) in [5.41, 5.74) is 0.553. The van der Waals surface area contributed by atoms with Crippen LogP contribution in [0.5, 0.6) is 5.75 Å². The molecule has 0 radical (unpaired) electrons. The van der Waals surface area contributed by atoms with E-state index in [0.29, 0.717) is 23.0 Å². The lowest BCUT2D eigenvalue weighted by atomic mass is 10.2. The number of halogens is 1. The molecule has 5 nitrogen and oxygen atoms in total. The third kappa shape index (κ3) is 2.19. The molecule has 1 aliphatic heterocycles. The number of methoxy groups -OCH3 is 1. The van der Waals surface area contributed by atoms with Gasteiger partial charge in [0.1, 0.15) is 12.4 Å². The van der Waals surface area contributed by atoms with Crippen LogP contribution in [0.1, 0.15) is 0 Å². The summed E-state index contributed by atoms with van der Waals surface area (Å²) in [5.74, 6) is -1.01. The maximum absolute atomic E-state index is 11.6. The number of ether oxygens (including phenoxy) is 2. The lowest BCUT2D eigenvalue weighted by molar-refractivity contribution is -0.156. The summed E-state index contributed by atoms with van der Waals surface area (Å²) < 4.78 is 9.64. The van der Waals surface area contributed by atoms with Crippen molar-refractivity contribution in [1.29, 1.82) is 0 Å². The summed E-state index contributed by atoms with van der Waals surface area (Å²) >= 11 is 5.95. The molecule has 0 bridgehead atoms. The van der Waals surface area contributed by atoms with Gasteiger partial charge in [-0.1, -0.05) is 11.6 Å². The molecule has 0 N–H and O–H groups in total. The number of esters is 1. The summed E-state index contributed by atoms with van der Waals surface area (Å²) in [7, 11) is 1.50. The molecule has 0 aromatic heterocycles. The van der Waals surface area contributed by atoms with Crippen molar-refractivity contribution in [2.45, 2.75) is 0 Å². The van der Waals surface area contributed by atoms with Crippen molar-refractivity contribution in [1.82, 2.24) is 0 Å². The molecule has 1 amide bonds. The molecule has 0 saturated carbocycles. The fourth-order valence-corrected chi connectivity index (χ4v) is 1.82. The van der Waals surface area contributed by atoms with E-state index < -0.39 is 11.9 Å². The van der Waals surface area contributed by atoms with Gasteiger partial charge in [-0.15, -0.1) is 0 Å². The molecule has 0 unspecified atom stereocenters. The average Bonchev–Trinajstić information content (AvgIpc) is 2.32. The van der Waals surface area contributed by atoms with Crippen molar-refractivity contribution in [2.75, 3.05) is 25.2 Å². The van der Waals surface area contributed by atoms with E-state index in [1.165, 1.54) is 12.0 Å². The molecule has 1 aromatic rings. The van der Waals surface area contributed by atoms with E-state index in [1.807, 2.05) is 0 Å². The number of amides is 1. The van der Waals surface area contributed by atoms with Crippen LogP contribution in [-0.4, -0.2) is 32.1 Å². The first-order valence-corrected chi connectivity index (χ1v) is 5.33. The number of nitrogens with zero attached hydrogens (tertiary/aromatic N) is 1. The van der Waals surface area contributed by atoms with Crippen LogP contribution in [0, 0.1) is 0 Å². The van der Waals surface area contributed by atoms with Gasteiger partial charge in [0.2, 0.25) is 0 Å². The second-order valence-electron chi connectivity index (χ2n) is 3.41. The number of hydrogen-bond donors (Lipinski definition) is 0. The van der Waals surface area contributed by atoms with Crippen LogP contribution >= 0.6 is 11.6 Å². The van der Waals surface area contributed by atoms with Gasteiger partial charge < -0.3 is 9.47 Å². The fraction of sp³-hybridized carbons (Fsp3) is 0.273. The molecule has 1 fully saturated rings. The van der Waals surface area contributed by atoms with Crippen molar-refractivity contribution in [3.05, 3.63) is 23.2 Å². The highest BCUT2D eigenvalue weighted by Gasteiger charge is 2.29. The van der Waals surface area contributed by atoms with E-state index in [9.17, 15) is 9.59 Å². The van der Waals surface area contributed by atoms with Crippen LogP contribution in [0.2, 0.25) is 5.02 Å². The molecule has 1 saturated heterocycles. The quantitative estimate of drug-likeness (QED) is 0.589. The molecule has 0 aliphatic carbocycles. The van der Waals surface area contributed by atoms with Gasteiger partial charge in [-0.3, -0.25) is 9.69 Å². The number of rotatable bonds is 2. The van der Waals surface area contributed by atoms with Gasteiger partial charge >= 0.3 is 11.9 Å². The third-order valence-electron chi connectivity index (χ3n) is 2.41. The summed E-state index contributed by atoms with van der Waals surface area (Å²) in [4.78, 5) is 24.0. The minimum atomic E-state index is -0.844. The lowest BCUT2D eigenvalue weighted by Crippen LogP contribution is -2.45. The van der Waals surface area contributed by atoms with Crippen LogP contribution in [0.4, 0.5) is 5.69 Å². The Morgan fingerprint density at radius 1 is 1.41 bits per heavy atom. The molecule has 1 aliphatic rings. The predicted octanol–water partition coefficient (Wildman–Crippen LogP) is 1.24. The predicted molar refractivity (Wildman–Crippen MR) is 61.3 cm³/mol. The Morgan fingerprint density at radius 3 is 2.82 bits per heavy atom. The third-order valence-corrected chi connectivity index (χ3v) is 2.71. The second kappa shape index (κ2) is 4.63. The SMILES string of the molecule is COc1ccc(N2CCOC(=O)C2=O)cc1Cl. The van der Waals surface area contributed by atoms with Gasteiger partial charge in [-0.05, 0) is 18.2 Å². The molecule has 2 rings (SSSR count). The Labute approximate surface area is 103 Å². The second-order valence-corrected chi connectivity index (χ2v) is 3.82. The van der Waals surface area contributed by atoms with Gasteiger partial charge in [0.05, 0.1) is 18.7 Å². The van der Waals surface area contributed by atoms with E-state index in [4.69, 9.17) is 16.3 Å². The molecular weight excluding hydrogens is 246 g/mol. The molecule has 1 heterocycles. The Morgan fingerprint density at radius 2 is 2.18 bits per heavy atom. The number of hydrogen-bond acceptors (Lipinski definition) is 4. The molecule has 0 spiro atoms. The number of carbonyl (C=O) groups is 2. The normalized spacial score (nSPS) is 15.8. The van der Waals surface area contributed by atoms with Crippen molar-refractivity contribution in [2.24, 2.45) is 0 Å². The van der Waals surface area contributed by atoms with E-state index in [2.05, 4.69) is 4.74 Å². The Bertz CT molecular complexity index is 475. The highest BCUT2D eigenvalue weighted by Crippen LogP contribution is 2.29. The van der Waals surface area contributed by atoms with Crippen LogP contribution in [-0.2, 0) is 14.3 Å². The lowest BCUT2D eigenvalue weighted by Gasteiger charge is -2.25. The van der Waals surface area contributed by atoms with Gasteiger partial charge in [-0.25, -0.2) is 4.79 Å². The topological polar surface area (TPSA) is 55.8 Å². The molecule has 1 aromatic carbocycles. The van der Waals surface area contributed by atoms with Gasteiger partial charge in [0.25, 0.3) is 0 Å². The minimum absolute atomic E-state index is 0.189. The first-order chi connectivity index (χ1) is 8.13. The average molecular weight is 256 g/mol. The van der Waals surface area contributed by atoms with E-state index in [0.717, 1.165) is 0 Å². The molecule has 17 heavy (non-hydrogen) atoms. The van der Waals surface area contributed by atoms with E-state index in [-0.39, 0.29) is 6.61 Å². The molecular formula is C11H10ClNO4. The summed E-state index contributed by atoms with van der Waals surface area (Å²) in [5, 5.41) is 0.386. The largest absolute Gasteiger partial charge is 0.495 e. The number of anilines is 1. The smallest absolute Gasteiger partial charge is 0.397 e. The number of cyclic esters (lactones) is 1. The first kappa shape index (κ1) is 11.7. The van der Waals surface area contributed by atoms with Crippen LogP contribution < -0.4 is 9.64 Å². The molecule has 0 atom stereocenters. The van der Waals surface area contributed by atoms with Gasteiger partial charge in [0.15, 0.2) is 0 Å². The van der Waals surface area contributed by atoms with Crippen LogP contribution in [0.15, 0.2) is 18.2 Å². The summed E-state index contributed by atoms with van der Waals surface area (Å²) in [6, 6.07) is 4.89. The molecule has 6 heteroatoms. The monoisotopic (exact) mass is 255 g/mol. The minimum Gasteiger partial charge on any atom is -0.495 e. The van der Waals surface area contributed by atoms with Gasteiger partial charge in [0, 0.05) is 5.69 Å². The maximum Gasteiger partial charge on any atom is 0.397 e. The Kier molecular flexibility index (Phi) is 3.19. The number of benzene rings is 1. The number of carbonyl (C=O) groups excluding carboxylic acids is 2. The zero-order chi connectivity index (χ0) is 12.4. The van der Waals surface area contributed by atoms with E-state index in [1.54, 1.807) is 18.2 Å². The number of morpholine rings is 1. The Balaban J connectivity index is 2.30. The highest BCUT2D eigenvalue weighted by atomic mass is 35.5. The summed E-state index contributed by atoms with van der Waals surface area (Å²) in [6.45, 7) is 0.515. The molecule has 90 valence electrons.